The highest BCUT2D eigenvalue weighted by molar-refractivity contribution is 7.25. The number of hydrogen-bond acceptors (Lipinski definition) is 3. The molecule has 2 nitrogen and oxygen atoms in total. The second-order valence-corrected chi connectivity index (χ2v) is 12.1. The Bertz CT molecular complexity index is 2510. The van der Waals surface area contributed by atoms with Gasteiger partial charge < -0.3 is 0 Å². The van der Waals surface area contributed by atoms with Crippen molar-refractivity contribution in [2.45, 2.75) is 0 Å². The molecule has 0 unspecified atom stereocenters. The van der Waals surface area contributed by atoms with Gasteiger partial charge in [-0.25, -0.2) is 9.97 Å². The van der Waals surface area contributed by atoms with Crippen molar-refractivity contribution in [1.82, 2.24) is 9.97 Å². The average Bonchev–Trinajstić information content (AvgIpc) is 3.44. The van der Waals surface area contributed by atoms with Crippen LogP contribution in [0, 0.1) is 0 Å². The van der Waals surface area contributed by atoms with E-state index < -0.39 is 0 Å². The van der Waals surface area contributed by atoms with E-state index in [2.05, 4.69) is 140 Å². The van der Waals surface area contributed by atoms with E-state index in [1.165, 1.54) is 47.3 Å². The van der Waals surface area contributed by atoms with Gasteiger partial charge in [0.2, 0.25) is 0 Å². The molecule has 0 amide bonds. The molecule has 0 aliphatic rings. The minimum Gasteiger partial charge on any atom is -0.228 e. The highest BCUT2D eigenvalue weighted by atomic mass is 32.1. The first-order valence-electron chi connectivity index (χ1n) is 14.5. The molecule has 3 heteroatoms. The molecule has 0 saturated heterocycles. The van der Waals surface area contributed by atoms with Crippen LogP contribution in [-0.4, -0.2) is 9.97 Å². The lowest BCUT2D eigenvalue weighted by Gasteiger charge is -2.13. The number of rotatable bonds is 3. The van der Waals surface area contributed by atoms with Gasteiger partial charge in [0.25, 0.3) is 0 Å². The summed E-state index contributed by atoms with van der Waals surface area (Å²) in [5.41, 5.74) is 6.34. The molecule has 9 rings (SSSR count). The Morgan fingerprint density at radius 1 is 0.395 bits per heavy atom. The van der Waals surface area contributed by atoms with Crippen LogP contribution in [0.1, 0.15) is 0 Å². The van der Waals surface area contributed by atoms with E-state index in [1.54, 1.807) is 0 Å². The lowest BCUT2D eigenvalue weighted by Crippen LogP contribution is -1.96. The smallest absolute Gasteiger partial charge is 0.160 e. The molecule has 200 valence electrons. The summed E-state index contributed by atoms with van der Waals surface area (Å²) in [7, 11) is 0. The van der Waals surface area contributed by atoms with Gasteiger partial charge in [-0.3, -0.25) is 0 Å². The Balaban J connectivity index is 1.20. The van der Waals surface area contributed by atoms with Crippen LogP contribution < -0.4 is 0 Å². The third-order valence-corrected chi connectivity index (χ3v) is 9.56. The van der Waals surface area contributed by atoms with Crippen LogP contribution in [0.4, 0.5) is 0 Å². The molecule has 0 aliphatic heterocycles. The van der Waals surface area contributed by atoms with E-state index in [1.807, 2.05) is 17.4 Å². The van der Waals surface area contributed by atoms with E-state index in [4.69, 9.17) is 9.97 Å². The topological polar surface area (TPSA) is 25.8 Å². The van der Waals surface area contributed by atoms with E-state index in [-0.39, 0.29) is 0 Å². The number of aromatic nitrogens is 2. The van der Waals surface area contributed by atoms with Crippen molar-refractivity contribution in [3.05, 3.63) is 146 Å². The Morgan fingerprint density at radius 2 is 1.14 bits per heavy atom. The number of nitrogens with zero attached hydrogens (tertiary/aromatic N) is 2. The van der Waals surface area contributed by atoms with Crippen LogP contribution in [0.15, 0.2) is 146 Å². The van der Waals surface area contributed by atoms with Gasteiger partial charge in [-0.15, -0.1) is 11.3 Å². The zero-order valence-corrected chi connectivity index (χ0v) is 24.0. The molecule has 9 aromatic rings. The minimum absolute atomic E-state index is 0.733. The minimum atomic E-state index is 0.733. The second kappa shape index (κ2) is 9.59. The zero-order valence-electron chi connectivity index (χ0n) is 23.2. The van der Waals surface area contributed by atoms with Gasteiger partial charge in [0.15, 0.2) is 5.82 Å². The molecule has 7 aromatic carbocycles. The maximum atomic E-state index is 5.22. The van der Waals surface area contributed by atoms with Crippen LogP contribution in [0.2, 0.25) is 0 Å². The van der Waals surface area contributed by atoms with Crippen molar-refractivity contribution in [2.24, 2.45) is 0 Å². The average molecular weight is 565 g/mol. The predicted octanol–water partition coefficient (Wildman–Crippen LogP) is 11.3. The first-order chi connectivity index (χ1) is 21.3. The Hall–Kier alpha value is -5.38. The summed E-state index contributed by atoms with van der Waals surface area (Å²) in [4.78, 5) is 10.3. The first-order valence-corrected chi connectivity index (χ1v) is 15.3. The van der Waals surface area contributed by atoms with Crippen molar-refractivity contribution < 1.29 is 0 Å². The third kappa shape index (κ3) is 4.01. The van der Waals surface area contributed by atoms with Gasteiger partial charge in [0.1, 0.15) is 0 Å². The molecule has 0 saturated carbocycles. The first kappa shape index (κ1) is 24.2. The Morgan fingerprint density at radius 3 is 2.07 bits per heavy atom. The molecule has 0 radical (unpaired) electrons. The fourth-order valence-corrected chi connectivity index (χ4v) is 7.46. The number of fused-ring (bicyclic) bond motifs is 7. The van der Waals surface area contributed by atoms with E-state index in [9.17, 15) is 0 Å². The maximum Gasteiger partial charge on any atom is 0.160 e. The van der Waals surface area contributed by atoms with E-state index in [0.29, 0.717) is 0 Å². The summed E-state index contributed by atoms with van der Waals surface area (Å²) in [5, 5.41) is 8.62. The fraction of sp³-hybridized carbons (Fsp3) is 0. The van der Waals surface area contributed by atoms with Crippen LogP contribution in [0.3, 0.4) is 0 Å². The molecular formula is C40H24N2S. The van der Waals surface area contributed by atoms with Gasteiger partial charge in [-0.2, -0.15) is 0 Å². The Kier molecular flexibility index (Phi) is 5.40. The molecule has 0 bridgehead atoms. The van der Waals surface area contributed by atoms with Crippen LogP contribution in [0.25, 0.3) is 86.4 Å². The predicted molar refractivity (Wildman–Crippen MR) is 184 cm³/mol. The summed E-state index contributed by atoms with van der Waals surface area (Å²) in [6.45, 7) is 0. The number of thiophene rings is 1. The van der Waals surface area contributed by atoms with E-state index in [0.717, 1.165) is 39.1 Å². The molecule has 43 heavy (non-hydrogen) atoms. The highest BCUT2D eigenvalue weighted by Gasteiger charge is 2.15. The quantitative estimate of drug-likeness (QED) is 0.199. The monoisotopic (exact) mass is 564 g/mol. The van der Waals surface area contributed by atoms with Gasteiger partial charge in [0, 0.05) is 36.7 Å². The van der Waals surface area contributed by atoms with Crippen LogP contribution in [0.5, 0.6) is 0 Å². The zero-order chi connectivity index (χ0) is 28.3. The van der Waals surface area contributed by atoms with Gasteiger partial charge in [0.05, 0.1) is 11.2 Å². The summed E-state index contributed by atoms with van der Waals surface area (Å²) < 4.78 is 2.66. The molecule has 0 N–H and O–H groups in total. The molecule has 0 atom stereocenters. The van der Waals surface area contributed by atoms with Gasteiger partial charge in [-0.05, 0) is 69.1 Å². The van der Waals surface area contributed by atoms with Gasteiger partial charge in [-0.1, -0.05) is 109 Å². The molecule has 0 fully saturated rings. The summed E-state index contributed by atoms with van der Waals surface area (Å²) >= 11 is 1.86. The molecular weight excluding hydrogens is 541 g/mol. The molecule has 2 heterocycles. The van der Waals surface area contributed by atoms with Gasteiger partial charge >= 0.3 is 0 Å². The molecule has 0 spiro atoms. The Labute approximate surface area is 252 Å². The lowest BCUT2D eigenvalue weighted by molar-refractivity contribution is 1.23. The molecule has 2 aromatic heterocycles. The van der Waals surface area contributed by atoms with Crippen molar-refractivity contribution in [1.29, 1.82) is 0 Å². The third-order valence-electron chi connectivity index (χ3n) is 8.43. The standard InChI is InChI=1S/C40H24N2S/c1-2-10-26(11-3-1)39-38-32-14-5-4-9-25(32)19-20-35(38)41-40(42-39)30-13-8-12-27(21-30)28-17-18-29-23-34-33-15-6-7-16-36(33)43-37(34)24-31(29)22-28/h1-24H. The summed E-state index contributed by atoms with van der Waals surface area (Å²) in [6, 6.07) is 52.0. The fourth-order valence-electron chi connectivity index (χ4n) is 6.32. The van der Waals surface area contributed by atoms with E-state index >= 15 is 0 Å². The number of hydrogen-bond donors (Lipinski definition) is 0. The van der Waals surface area contributed by atoms with Crippen molar-refractivity contribution in [3.63, 3.8) is 0 Å². The summed E-state index contributed by atoms with van der Waals surface area (Å²) in [6.07, 6.45) is 0. The maximum absolute atomic E-state index is 5.22. The van der Waals surface area contributed by atoms with Crippen LogP contribution in [-0.2, 0) is 0 Å². The summed E-state index contributed by atoms with van der Waals surface area (Å²) in [5.74, 6) is 0.733. The van der Waals surface area contributed by atoms with Crippen LogP contribution >= 0.6 is 11.3 Å². The molecule has 0 aliphatic carbocycles. The number of benzene rings is 7. The lowest BCUT2D eigenvalue weighted by atomic mass is 9.98. The SMILES string of the molecule is c1ccc(-c2nc(-c3cccc(-c4ccc5cc6c(cc5c4)sc4ccccc46)c3)nc3ccc4ccccc4c23)cc1. The second-order valence-electron chi connectivity index (χ2n) is 11.0. The highest BCUT2D eigenvalue weighted by Crippen LogP contribution is 2.38. The van der Waals surface area contributed by atoms with Crippen molar-refractivity contribution in [3.8, 4) is 33.8 Å². The largest absolute Gasteiger partial charge is 0.228 e. The van der Waals surface area contributed by atoms with Crippen molar-refractivity contribution >= 4 is 64.0 Å². The van der Waals surface area contributed by atoms with Crippen molar-refractivity contribution in [2.75, 3.05) is 0 Å². The normalized spacial score (nSPS) is 11.7.